The minimum atomic E-state index is -3.47. The highest BCUT2D eigenvalue weighted by Crippen LogP contribution is 2.14. The Morgan fingerprint density at radius 1 is 1.11 bits per heavy atom. The van der Waals surface area contributed by atoms with Crippen LogP contribution in [-0.2, 0) is 10.0 Å². The number of piperidine rings is 1. The van der Waals surface area contributed by atoms with Crippen molar-refractivity contribution in [3.63, 3.8) is 0 Å². The molecule has 0 spiro atoms. The van der Waals surface area contributed by atoms with Crippen LogP contribution < -0.4 is 4.72 Å². The van der Waals surface area contributed by atoms with Crippen molar-refractivity contribution in [1.29, 1.82) is 0 Å². The van der Waals surface area contributed by atoms with Gasteiger partial charge in [0.2, 0.25) is 10.0 Å². The molecule has 0 aromatic heterocycles. The molecule has 0 bridgehead atoms. The fourth-order valence-electron chi connectivity index (χ4n) is 2.23. The van der Waals surface area contributed by atoms with E-state index < -0.39 is 10.0 Å². The SMILES string of the molecule is O=S(=O)(NCCN1CCCCC1)c1ccc(O)cc1. The molecule has 0 atom stereocenters. The molecule has 6 heteroatoms. The fourth-order valence-corrected chi connectivity index (χ4v) is 3.25. The first-order valence-electron chi connectivity index (χ1n) is 6.59. The van der Waals surface area contributed by atoms with E-state index in [4.69, 9.17) is 5.11 Å². The summed E-state index contributed by atoms with van der Waals surface area (Å²) < 4.78 is 26.5. The average molecular weight is 284 g/mol. The average Bonchev–Trinajstić information content (AvgIpc) is 2.40. The Bertz CT molecular complexity index is 493. The van der Waals surface area contributed by atoms with Crippen LogP contribution in [0.1, 0.15) is 19.3 Å². The lowest BCUT2D eigenvalue weighted by atomic mass is 10.1. The number of benzene rings is 1. The van der Waals surface area contributed by atoms with Crippen LogP contribution in [0.3, 0.4) is 0 Å². The molecular formula is C13H20N2O3S. The summed E-state index contributed by atoms with van der Waals surface area (Å²) in [6.07, 6.45) is 3.67. The Balaban J connectivity index is 1.85. The van der Waals surface area contributed by atoms with Crippen LogP contribution in [0.25, 0.3) is 0 Å². The molecule has 2 N–H and O–H groups in total. The van der Waals surface area contributed by atoms with Gasteiger partial charge in [0, 0.05) is 13.1 Å². The van der Waals surface area contributed by atoms with Crippen LogP contribution in [0, 0.1) is 0 Å². The summed E-state index contributed by atoms with van der Waals surface area (Å²) in [6.45, 7) is 3.28. The molecule has 0 amide bonds. The van der Waals surface area contributed by atoms with Crippen molar-refractivity contribution < 1.29 is 13.5 Å². The van der Waals surface area contributed by atoms with Crippen molar-refractivity contribution in [2.45, 2.75) is 24.2 Å². The van der Waals surface area contributed by atoms with Crippen molar-refractivity contribution in [3.8, 4) is 5.75 Å². The van der Waals surface area contributed by atoms with Gasteiger partial charge < -0.3 is 10.0 Å². The van der Waals surface area contributed by atoms with Gasteiger partial charge in [-0.05, 0) is 50.2 Å². The van der Waals surface area contributed by atoms with Gasteiger partial charge in [-0.25, -0.2) is 13.1 Å². The highest BCUT2D eigenvalue weighted by Gasteiger charge is 2.15. The van der Waals surface area contributed by atoms with E-state index in [-0.39, 0.29) is 10.6 Å². The van der Waals surface area contributed by atoms with Crippen LogP contribution in [0.5, 0.6) is 5.75 Å². The van der Waals surface area contributed by atoms with Gasteiger partial charge >= 0.3 is 0 Å². The van der Waals surface area contributed by atoms with E-state index in [1.165, 1.54) is 43.5 Å². The van der Waals surface area contributed by atoms with E-state index in [1.807, 2.05) is 0 Å². The number of likely N-dealkylation sites (tertiary alicyclic amines) is 1. The zero-order chi connectivity index (χ0) is 13.7. The third kappa shape index (κ3) is 4.19. The number of phenols is 1. The number of nitrogens with one attached hydrogen (secondary N) is 1. The summed E-state index contributed by atoms with van der Waals surface area (Å²) in [5.74, 6) is 0.0623. The summed E-state index contributed by atoms with van der Waals surface area (Å²) in [5.41, 5.74) is 0. The van der Waals surface area contributed by atoms with Crippen LogP contribution >= 0.6 is 0 Å². The summed E-state index contributed by atoms with van der Waals surface area (Å²) in [6, 6.07) is 5.55. The molecule has 1 aliphatic rings. The van der Waals surface area contributed by atoms with E-state index >= 15 is 0 Å². The molecule has 1 saturated heterocycles. The van der Waals surface area contributed by atoms with Gasteiger partial charge in [0.05, 0.1) is 4.90 Å². The van der Waals surface area contributed by atoms with Gasteiger partial charge in [-0.1, -0.05) is 6.42 Å². The number of sulfonamides is 1. The quantitative estimate of drug-likeness (QED) is 0.851. The van der Waals surface area contributed by atoms with Crippen molar-refractivity contribution in [2.24, 2.45) is 0 Å². The highest BCUT2D eigenvalue weighted by atomic mass is 32.2. The van der Waals surface area contributed by atoms with Gasteiger partial charge in [-0.3, -0.25) is 0 Å². The minimum absolute atomic E-state index is 0.0623. The molecule has 1 aromatic carbocycles. The van der Waals surface area contributed by atoms with E-state index in [1.54, 1.807) is 0 Å². The van der Waals surface area contributed by atoms with Crippen LogP contribution in [0.4, 0.5) is 0 Å². The number of hydrogen-bond acceptors (Lipinski definition) is 4. The normalized spacial score (nSPS) is 17.5. The van der Waals surface area contributed by atoms with E-state index in [2.05, 4.69) is 9.62 Å². The Labute approximate surface area is 114 Å². The Hall–Kier alpha value is -1.11. The molecule has 0 unspecified atom stereocenters. The summed E-state index contributed by atoms with van der Waals surface area (Å²) >= 11 is 0. The first-order chi connectivity index (χ1) is 9.08. The summed E-state index contributed by atoms with van der Waals surface area (Å²) in [4.78, 5) is 2.46. The van der Waals surface area contributed by atoms with Crippen molar-refractivity contribution in [3.05, 3.63) is 24.3 Å². The summed E-state index contributed by atoms with van der Waals surface area (Å²) in [5, 5.41) is 9.15. The van der Waals surface area contributed by atoms with Crippen LogP contribution in [-0.4, -0.2) is 44.6 Å². The zero-order valence-corrected chi connectivity index (χ0v) is 11.7. The Kier molecular flexibility index (Phi) is 4.79. The minimum Gasteiger partial charge on any atom is -0.508 e. The lowest BCUT2D eigenvalue weighted by Crippen LogP contribution is -2.37. The maximum atomic E-state index is 12.0. The molecule has 0 saturated carbocycles. The molecular weight excluding hydrogens is 264 g/mol. The maximum Gasteiger partial charge on any atom is 0.240 e. The second-order valence-electron chi connectivity index (χ2n) is 4.79. The molecule has 1 heterocycles. The standard InChI is InChI=1S/C13H20N2O3S/c16-12-4-6-13(7-5-12)19(17,18)14-8-11-15-9-2-1-3-10-15/h4-7,14,16H,1-3,8-11H2. The van der Waals surface area contributed by atoms with Crippen molar-refractivity contribution >= 4 is 10.0 Å². The molecule has 1 fully saturated rings. The van der Waals surface area contributed by atoms with Gasteiger partial charge in [0.25, 0.3) is 0 Å². The maximum absolute atomic E-state index is 12.0. The number of phenolic OH excluding ortho intramolecular Hbond substituents is 1. The first-order valence-corrected chi connectivity index (χ1v) is 8.07. The van der Waals surface area contributed by atoms with E-state index in [0.29, 0.717) is 6.54 Å². The van der Waals surface area contributed by atoms with Crippen molar-refractivity contribution in [2.75, 3.05) is 26.2 Å². The molecule has 2 rings (SSSR count). The molecule has 106 valence electrons. The predicted molar refractivity (Wildman–Crippen MR) is 73.6 cm³/mol. The zero-order valence-electron chi connectivity index (χ0n) is 10.9. The molecule has 1 aliphatic heterocycles. The van der Waals surface area contributed by atoms with Crippen LogP contribution in [0.2, 0.25) is 0 Å². The first kappa shape index (κ1) is 14.3. The van der Waals surface area contributed by atoms with Crippen LogP contribution in [0.15, 0.2) is 29.2 Å². The molecule has 1 aromatic rings. The third-order valence-electron chi connectivity index (χ3n) is 3.32. The highest BCUT2D eigenvalue weighted by molar-refractivity contribution is 7.89. The molecule has 0 aliphatic carbocycles. The largest absolute Gasteiger partial charge is 0.508 e. The summed E-state index contributed by atoms with van der Waals surface area (Å²) in [7, 11) is -3.47. The number of nitrogens with zero attached hydrogens (tertiary/aromatic N) is 1. The molecule has 19 heavy (non-hydrogen) atoms. The Morgan fingerprint density at radius 2 is 1.74 bits per heavy atom. The second kappa shape index (κ2) is 6.36. The van der Waals surface area contributed by atoms with Gasteiger partial charge in [-0.15, -0.1) is 0 Å². The number of aromatic hydroxyl groups is 1. The van der Waals surface area contributed by atoms with Crippen molar-refractivity contribution in [1.82, 2.24) is 9.62 Å². The van der Waals surface area contributed by atoms with E-state index in [9.17, 15) is 8.42 Å². The molecule has 0 radical (unpaired) electrons. The number of hydrogen-bond donors (Lipinski definition) is 2. The monoisotopic (exact) mass is 284 g/mol. The second-order valence-corrected chi connectivity index (χ2v) is 6.56. The van der Waals surface area contributed by atoms with Gasteiger partial charge in [-0.2, -0.15) is 0 Å². The fraction of sp³-hybridized carbons (Fsp3) is 0.538. The lowest BCUT2D eigenvalue weighted by molar-refractivity contribution is 0.233. The lowest BCUT2D eigenvalue weighted by Gasteiger charge is -2.26. The van der Waals surface area contributed by atoms with Gasteiger partial charge in [0.15, 0.2) is 0 Å². The third-order valence-corrected chi connectivity index (χ3v) is 4.79. The van der Waals surface area contributed by atoms with E-state index in [0.717, 1.165) is 19.6 Å². The van der Waals surface area contributed by atoms with Gasteiger partial charge in [0.1, 0.15) is 5.75 Å². The number of rotatable bonds is 5. The molecule has 5 nitrogen and oxygen atoms in total. The Morgan fingerprint density at radius 3 is 2.37 bits per heavy atom. The smallest absolute Gasteiger partial charge is 0.240 e. The topological polar surface area (TPSA) is 69.6 Å². The predicted octanol–water partition coefficient (Wildman–Crippen LogP) is 1.16.